The lowest BCUT2D eigenvalue weighted by Crippen LogP contribution is -2.34. The second kappa shape index (κ2) is 7.68. The van der Waals surface area contributed by atoms with Crippen molar-refractivity contribution >= 4 is 5.95 Å². The number of alkyl halides is 3. The van der Waals surface area contributed by atoms with Crippen LogP contribution in [0.3, 0.4) is 0 Å². The molecule has 1 aromatic heterocycles. The number of ether oxygens (including phenoxy) is 1. The molecule has 0 aliphatic carbocycles. The maximum absolute atomic E-state index is 12.6. The van der Waals surface area contributed by atoms with Gasteiger partial charge in [-0.1, -0.05) is 12.1 Å². The lowest BCUT2D eigenvalue weighted by Gasteiger charge is -2.20. The molecule has 136 valence electrons. The van der Waals surface area contributed by atoms with Crippen molar-refractivity contribution in [1.82, 2.24) is 15.3 Å². The summed E-state index contributed by atoms with van der Waals surface area (Å²) in [6, 6.07) is 6.79. The van der Waals surface area contributed by atoms with Gasteiger partial charge in [-0.25, -0.2) is 9.97 Å². The highest BCUT2D eigenvalue weighted by molar-refractivity contribution is 5.32. The smallest absolute Gasteiger partial charge is 0.370 e. The Bertz CT molecular complexity index is 771. The number of benzene rings is 1. The van der Waals surface area contributed by atoms with E-state index < -0.39 is 11.7 Å². The van der Waals surface area contributed by atoms with Gasteiger partial charge in [-0.15, -0.1) is 0 Å². The summed E-state index contributed by atoms with van der Waals surface area (Å²) in [5, 5.41) is 15.1. The number of hydrogen-bond donors (Lipinski definition) is 2. The van der Waals surface area contributed by atoms with Crippen molar-refractivity contribution in [2.45, 2.75) is 24.9 Å². The zero-order chi connectivity index (χ0) is 18.6. The first-order chi connectivity index (χ1) is 12.5. The fourth-order valence-corrected chi connectivity index (χ4v) is 2.59. The summed E-state index contributed by atoms with van der Waals surface area (Å²) < 4.78 is 43.6. The third-order valence-corrected chi connectivity index (χ3v) is 4.00. The Hall–Kier alpha value is -2.70. The van der Waals surface area contributed by atoms with E-state index in [0.29, 0.717) is 30.2 Å². The van der Waals surface area contributed by atoms with Crippen molar-refractivity contribution in [3.63, 3.8) is 0 Å². The number of rotatable bonds is 5. The van der Waals surface area contributed by atoms with Crippen molar-refractivity contribution < 1.29 is 17.9 Å². The standard InChI is InChI=1S/C17H16F3N5O/c18-17(19,20)13-3-1-11(2-4-13)10-26-15-9-22-8-14(15)25-16-23-6-12(5-21)7-24-16/h1-4,6-7,14-15,22H,8-10H2,(H,23,24,25)/t14-,15-/m1/s1. The summed E-state index contributed by atoms with van der Waals surface area (Å²) in [4.78, 5) is 8.13. The van der Waals surface area contributed by atoms with Gasteiger partial charge in [0.05, 0.1) is 42.3 Å². The molecule has 1 aliphatic rings. The van der Waals surface area contributed by atoms with Crippen LogP contribution in [0.2, 0.25) is 0 Å². The first kappa shape index (κ1) is 18.1. The van der Waals surface area contributed by atoms with Crippen molar-refractivity contribution in [2.24, 2.45) is 0 Å². The van der Waals surface area contributed by atoms with Crippen molar-refractivity contribution in [3.8, 4) is 6.07 Å². The summed E-state index contributed by atoms with van der Waals surface area (Å²) in [6.07, 6.45) is -1.67. The highest BCUT2D eigenvalue weighted by Crippen LogP contribution is 2.29. The van der Waals surface area contributed by atoms with Crippen LogP contribution in [0.15, 0.2) is 36.7 Å². The Labute approximate surface area is 148 Å². The summed E-state index contributed by atoms with van der Waals surface area (Å²) in [6.45, 7) is 1.45. The summed E-state index contributed by atoms with van der Waals surface area (Å²) in [7, 11) is 0. The molecule has 0 unspecified atom stereocenters. The third-order valence-electron chi connectivity index (χ3n) is 4.00. The summed E-state index contributed by atoms with van der Waals surface area (Å²) in [5.41, 5.74) is 0.356. The molecular weight excluding hydrogens is 347 g/mol. The SMILES string of the molecule is N#Cc1cnc(N[C@@H]2CNC[C@H]2OCc2ccc(C(F)(F)F)cc2)nc1. The van der Waals surface area contributed by atoms with Gasteiger partial charge in [0.25, 0.3) is 0 Å². The van der Waals surface area contributed by atoms with Crippen LogP contribution in [-0.4, -0.2) is 35.2 Å². The number of nitrogens with zero attached hydrogens (tertiary/aromatic N) is 3. The Morgan fingerprint density at radius 2 is 1.88 bits per heavy atom. The predicted octanol–water partition coefficient (Wildman–Crippen LogP) is 2.34. The first-order valence-electron chi connectivity index (χ1n) is 7.93. The highest BCUT2D eigenvalue weighted by Gasteiger charge is 2.30. The number of anilines is 1. The largest absolute Gasteiger partial charge is 0.416 e. The van der Waals surface area contributed by atoms with E-state index in [1.807, 2.05) is 6.07 Å². The summed E-state index contributed by atoms with van der Waals surface area (Å²) >= 11 is 0. The Balaban J connectivity index is 1.56. The molecule has 0 spiro atoms. The van der Waals surface area contributed by atoms with Crippen LogP contribution >= 0.6 is 0 Å². The van der Waals surface area contributed by atoms with Crippen LogP contribution in [0, 0.1) is 11.3 Å². The van der Waals surface area contributed by atoms with Gasteiger partial charge in [-0.3, -0.25) is 0 Å². The molecule has 9 heteroatoms. The third kappa shape index (κ3) is 4.47. The molecular formula is C17H16F3N5O. The molecule has 1 saturated heterocycles. The molecule has 0 saturated carbocycles. The maximum atomic E-state index is 12.6. The van der Waals surface area contributed by atoms with Gasteiger partial charge in [0.1, 0.15) is 6.07 Å². The second-order valence-corrected chi connectivity index (χ2v) is 5.86. The van der Waals surface area contributed by atoms with Crippen LogP contribution in [0.1, 0.15) is 16.7 Å². The average molecular weight is 363 g/mol. The lowest BCUT2D eigenvalue weighted by molar-refractivity contribution is -0.137. The number of hydrogen-bond acceptors (Lipinski definition) is 6. The highest BCUT2D eigenvalue weighted by atomic mass is 19.4. The topological polar surface area (TPSA) is 82.9 Å². The van der Waals surface area contributed by atoms with Crippen LogP contribution < -0.4 is 10.6 Å². The number of halogens is 3. The Morgan fingerprint density at radius 1 is 1.19 bits per heavy atom. The first-order valence-corrected chi connectivity index (χ1v) is 7.93. The molecule has 26 heavy (non-hydrogen) atoms. The summed E-state index contributed by atoms with van der Waals surface area (Å²) in [5.74, 6) is 0.390. The fourth-order valence-electron chi connectivity index (χ4n) is 2.59. The Kier molecular flexibility index (Phi) is 5.35. The van der Waals surface area contributed by atoms with E-state index in [1.165, 1.54) is 24.5 Å². The lowest BCUT2D eigenvalue weighted by atomic mass is 10.1. The van der Waals surface area contributed by atoms with Gasteiger partial charge < -0.3 is 15.4 Å². The number of nitrogens with one attached hydrogen (secondary N) is 2. The van der Waals surface area contributed by atoms with E-state index in [4.69, 9.17) is 10.00 Å². The molecule has 2 atom stereocenters. The molecule has 0 amide bonds. The molecule has 6 nitrogen and oxygen atoms in total. The maximum Gasteiger partial charge on any atom is 0.416 e. The van der Waals surface area contributed by atoms with E-state index >= 15 is 0 Å². The number of nitriles is 1. The van der Waals surface area contributed by atoms with Crippen LogP contribution in [0.4, 0.5) is 19.1 Å². The zero-order valence-corrected chi connectivity index (χ0v) is 13.6. The van der Waals surface area contributed by atoms with E-state index in [0.717, 1.165) is 12.1 Å². The molecule has 2 N–H and O–H groups in total. The van der Waals surface area contributed by atoms with Gasteiger partial charge in [0.2, 0.25) is 5.95 Å². The quantitative estimate of drug-likeness (QED) is 0.849. The van der Waals surface area contributed by atoms with Crippen molar-refractivity contribution in [3.05, 3.63) is 53.3 Å². The molecule has 3 rings (SSSR count). The van der Waals surface area contributed by atoms with Gasteiger partial charge >= 0.3 is 6.18 Å². The minimum Gasteiger partial charge on any atom is -0.370 e. The van der Waals surface area contributed by atoms with Gasteiger partial charge in [-0.2, -0.15) is 18.4 Å². The predicted molar refractivity (Wildman–Crippen MR) is 87.0 cm³/mol. The normalized spacial score (nSPS) is 19.9. The fraction of sp³-hybridized carbons (Fsp3) is 0.353. The van der Waals surface area contributed by atoms with E-state index in [1.54, 1.807) is 0 Å². The van der Waals surface area contributed by atoms with Gasteiger partial charge in [0, 0.05) is 13.1 Å². The molecule has 1 aliphatic heterocycles. The minimum absolute atomic E-state index is 0.0858. The Morgan fingerprint density at radius 3 is 2.50 bits per heavy atom. The average Bonchev–Trinajstić information content (AvgIpc) is 3.07. The monoisotopic (exact) mass is 363 g/mol. The van der Waals surface area contributed by atoms with E-state index in [9.17, 15) is 13.2 Å². The second-order valence-electron chi connectivity index (χ2n) is 5.86. The molecule has 0 radical (unpaired) electrons. The van der Waals surface area contributed by atoms with Gasteiger partial charge in [0.15, 0.2) is 0 Å². The molecule has 1 fully saturated rings. The van der Waals surface area contributed by atoms with E-state index in [2.05, 4.69) is 20.6 Å². The van der Waals surface area contributed by atoms with E-state index in [-0.39, 0.29) is 18.8 Å². The number of aromatic nitrogens is 2. The minimum atomic E-state index is -4.34. The van der Waals surface area contributed by atoms with Gasteiger partial charge in [-0.05, 0) is 17.7 Å². The van der Waals surface area contributed by atoms with Crippen LogP contribution in [0.5, 0.6) is 0 Å². The molecule has 0 bridgehead atoms. The van der Waals surface area contributed by atoms with Crippen LogP contribution in [0.25, 0.3) is 0 Å². The van der Waals surface area contributed by atoms with Crippen LogP contribution in [-0.2, 0) is 17.5 Å². The zero-order valence-electron chi connectivity index (χ0n) is 13.6. The van der Waals surface area contributed by atoms with Crippen molar-refractivity contribution in [2.75, 3.05) is 18.4 Å². The van der Waals surface area contributed by atoms with Crippen molar-refractivity contribution in [1.29, 1.82) is 5.26 Å². The molecule has 1 aromatic carbocycles. The molecule has 2 heterocycles. The molecule has 2 aromatic rings.